The van der Waals surface area contributed by atoms with Crippen molar-refractivity contribution in [2.24, 2.45) is 5.10 Å². The summed E-state index contributed by atoms with van der Waals surface area (Å²) in [5, 5.41) is 15.2. The molecule has 0 spiro atoms. The highest BCUT2D eigenvalue weighted by Crippen LogP contribution is 2.20. The minimum absolute atomic E-state index is 0.0958. The van der Waals surface area contributed by atoms with E-state index in [4.69, 9.17) is 0 Å². The molecule has 0 fully saturated rings. The number of amides is 1. The Morgan fingerprint density at radius 1 is 1.44 bits per heavy atom. The zero-order valence-corrected chi connectivity index (χ0v) is 11.5. The number of hydrazone groups is 1. The molecule has 0 unspecified atom stereocenters. The molecule has 0 atom stereocenters. The summed E-state index contributed by atoms with van der Waals surface area (Å²) < 4.78 is 0.778. The van der Waals surface area contributed by atoms with Crippen molar-refractivity contribution in [3.63, 3.8) is 0 Å². The van der Waals surface area contributed by atoms with Gasteiger partial charge < -0.3 is 5.11 Å². The number of rotatable bonds is 3. The minimum Gasteiger partial charge on any atom is -0.507 e. The highest BCUT2D eigenvalue weighted by atomic mass is 79.9. The largest absolute Gasteiger partial charge is 0.507 e. The first-order chi connectivity index (χ1) is 8.66. The normalized spacial score (nSPS) is 10.7. The number of hydrogen-bond donors (Lipinski definition) is 2. The summed E-state index contributed by atoms with van der Waals surface area (Å²) in [6.45, 7) is 0. The molecule has 6 heteroatoms. The molecule has 2 rings (SSSR count). The first-order valence-corrected chi connectivity index (χ1v) is 6.69. The van der Waals surface area contributed by atoms with E-state index in [1.807, 2.05) is 5.38 Å². The Balaban J connectivity index is 2.01. The van der Waals surface area contributed by atoms with E-state index in [9.17, 15) is 9.90 Å². The molecule has 0 aliphatic heterocycles. The Kier molecular flexibility index (Phi) is 4.11. The van der Waals surface area contributed by atoms with Crippen molar-refractivity contribution in [2.45, 2.75) is 0 Å². The van der Waals surface area contributed by atoms with Gasteiger partial charge in [0.25, 0.3) is 5.91 Å². The molecular formula is C12H9BrN2O2S. The highest BCUT2D eigenvalue weighted by molar-refractivity contribution is 9.10. The van der Waals surface area contributed by atoms with E-state index in [0.717, 1.165) is 4.47 Å². The number of nitrogens with zero attached hydrogens (tertiary/aromatic N) is 1. The summed E-state index contributed by atoms with van der Waals surface area (Å²) in [5.41, 5.74) is 2.93. The number of halogens is 1. The first kappa shape index (κ1) is 12.8. The average molecular weight is 325 g/mol. The maximum atomic E-state index is 11.6. The molecule has 0 bridgehead atoms. The van der Waals surface area contributed by atoms with E-state index >= 15 is 0 Å². The molecule has 0 saturated heterocycles. The van der Waals surface area contributed by atoms with E-state index in [1.54, 1.807) is 30.3 Å². The third kappa shape index (κ3) is 3.18. The van der Waals surface area contributed by atoms with Gasteiger partial charge in [0.2, 0.25) is 0 Å². The molecule has 92 valence electrons. The SMILES string of the molecule is O=C(N/N=C/c1ccc(Br)cc1O)c1cccs1. The highest BCUT2D eigenvalue weighted by Gasteiger charge is 2.04. The van der Waals surface area contributed by atoms with Crippen molar-refractivity contribution >= 4 is 39.4 Å². The fraction of sp³-hybridized carbons (Fsp3) is 0. The Morgan fingerprint density at radius 3 is 2.94 bits per heavy atom. The summed E-state index contributed by atoms with van der Waals surface area (Å²) >= 11 is 4.58. The Bertz CT molecular complexity index is 582. The number of benzene rings is 1. The van der Waals surface area contributed by atoms with Crippen LogP contribution in [0.15, 0.2) is 45.3 Å². The first-order valence-electron chi connectivity index (χ1n) is 5.02. The number of phenols is 1. The number of carbonyl (C=O) groups is 1. The molecule has 1 aromatic heterocycles. The van der Waals surface area contributed by atoms with Crippen LogP contribution in [-0.2, 0) is 0 Å². The fourth-order valence-corrected chi connectivity index (χ4v) is 2.21. The smallest absolute Gasteiger partial charge is 0.281 e. The van der Waals surface area contributed by atoms with Gasteiger partial charge >= 0.3 is 0 Å². The van der Waals surface area contributed by atoms with Crippen LogP contribution in [0, 0.1) is 0 Å². The summed E-state index contributed by atoms with van der Waals surface area (Å²) in [6, 6.07) is 8.54. The zero-order valence-electron chi connectivity index (χ0n) is 9.13. The standard InChI is InChI=1S/C12H9BrN2O2S/c13-9-4-3-8(10(16)6-9)7-14-15-12(17)11-2-1-5-18-11/h1-7,16H,(H,15,17)/b14-7+. The number of aromatic hydroxyl groups is 1. The van der Waals surface area contributed by atoms with E-state index in [1.165, 1.54) is 17.6 Å². The number of nitrogens with one attached hydrogen (secondary N) is 1. The summed E-state index contributed by atoms with van der Waals surface area (Å²) in [4.78, 5) is 12.1. The molecule has 1 amide bonds. The maximum Gasteiger partial charge on any atom is 0.281 e. The van der Waals surface area contributed by atoms with Crippen LogP contribution in [0.3, 0.4) is 0 Å². The van der Waals surface area contributed by atoms with Crippen molar-refractivity contribution in [3.8, 4) is 5.75 Å². The quantitative estimate of drug-likeness (QED) is 0.673. The average Bonchev–Trinajstić information content (AvgIpc) is 2.85. The van der Waals surface area contributed by atoms with Gasteiger partial charge in [-0.15, -0.1) is 11.3 Å². The monoisotopic (exact) mass is 324 g/mol. The lowest BCUT2D eigenvalue weighted by Gasteiger charge is -1.99. The Morgan fingerprint density at radius 2 is 2.28 bits per heavy atom. The molecule has 0 aliphatic rings. The van der Waals surface area contributed by atoms with Gasteiger partial charge in [0, 0.05) is 10.0 Å². The molecule has 0 radical (unpaired) electrons. The maximum absolute atomic E-state index is 11.6. The van der Waals surface area contributed by atoms with Crippen LogP contribution >= 0.6 is 27.3 Å². The van der Waals surface area contributed by atoms with E-state index in [-0.39, 0.29) is 11.7 Å². The minimum atomic E-state index is -0.266. The van der Waals surface area contributed by atoms with Crippen molar-refractivity contribution in [2.75, 3.05) is 0 Å². The zero-order chi connectivity index (χ0) is 13.0. The second kappa shape index (κ2) is 5.79. The lowest BCUT2D eigenvalue weighted by atomic mass is 10.2. The van der Waals surface area contributed by atoms with Crippen molar-refractivity contribution in [1.29, 1.82) is 0 Å². The number of phenolic OH excluding ortho intramolecular Hbond substituents is 1. The van der Waals surface area contributed by atoms with Crippen LogP contribution in [0.25, 0.3) is 0 Å². The Hall–Kier alpha value is -1.66. The van der Waals surface area contributed by atoms with Crippen LogP contribution in [0.4, 0.5) is 0 Å². The van der Waals surface area contributed by atoms with Crippen LogP contribution in [0.5, 0.6) is 5.75 Å². The molecule has 18 heavy (non-hydrogen) atoms. The molecule has 2 N–H and O–H groups in total. The lowest BCUT2D eigenvalue weighted by Crippen LogP contribution is -2.16. The van der Waals surface area contributed by atoms with Gasteiger partial charge in [-0.25, -0.2) is 5.43 Å². The van der Waals surface area contributed by atoms with Crippen LogP contribution in [0.1, 0.15) is 15.2 Å². The van der Waals surface area contributed by atoms with Gasteiger partial charge in [0.15, 0.2) is 0 Å². The van der Waals surface area contributed by atoms with Gasteiger partial charge in [-0.05, 0) is 29.6 Å². The van der Waals surface area contributed by atoms with Gasteiger partial charge in [0.05, 0.1) is 11.1 Å². The predicted molar refractivity (Wildman–Crippen MR) is 75.2 cm³/mol. The van der Waals surface area contributed by atoms with Crippen molar-refractivity contribution in [3.05, 3.63) is 50.6 Å². The van der Waals surface area contributed by atoms with Gasteiger partial charge in [-0.1, -0.05) is 22.0 Å². The fourth-order valence-electron chi connectivity index (χ4n) is 1.25. The molecule has 0 aliphatic carbocycles. The van der Waals surface area contributed by atoms with Crippen LogP contribution in [0.2, 0.25) is 0 Å². The van der Waals surface area contributed by atoms with Crippen LogP contribution in [-0.4, -0.2) is 17.2 Å². The third-order valence-electron chi connectivity index (χ3n) is 2.11. The van der Waals surface area contributed by atoms with E-state index in [2.05, 4.69) is 26.5 Å². The van der Waals surface area contributed by atoms with Gasteiger partial charge in [0.1, 0.15) is 5.75 Å². The molecule has 1 heterocycles. The molecule has 1 aromatic carbocycles. The van der Waals surface area contributed by atoms with E-state index in [0.29, 0.717) is 10.4 Å². The van der Waals surface area contributed by atoms with Gasteiger partial charge in [-0.2, -0.15) is 5.10 Å². The summed E-state index contributed by atoms with van der Waals surface area (Å²) in [6.07, 6.45) is 1.40. The summed E-state index contributed by atoms with van der Waals surface area (Å²) in [5.74, 6) is -0.170. The molecule has 2 aromatic rings. The molecule has 4 nitrogen and oxygen atoms in total. The second-order valence-corrected chi connectivity index (χ2v) is 5.24. The number of hydrogen-bond acceptors (Lipinski definition) is 4. The molecule has 0 saturated carbocycles. The number of thiophene rings is 1. The number of carbonyl (C=O) groups excluding carboxylic acids is 1. The summed E-state index contributed by atoms with van der Waals surface area (Å²) in [7, 11) is 0. The van der Waals surface area contributed by atoms with Crippen molar-refractivity contribution in [1.82, 2.24) is 5.43 Å². The Labute approximate surface area is 116 Å². The van der Waals surface area contributed by atoms with Gasteiger partial charge in [-0.3, -0.25) is 4.79 Å². The van der Waals surface area contributed by atoms with Crippen LogP contribution < -0.4 is 5.43 Å². The predicted octanol–water partition coefficient (Wildman–Crippen LogP) is 2.98. The third-order valence-corrected chi connectivity index (χ3v) is 3.47. The second-order valence-electron chi connectivity index (χ2n) is 3.38. The topological polar surface area (TPSA) is 61.7 Å². The van der Waals surface area contributed by atoms with Crippen molar-refractivity contribution < 1.29 is 9.90 Å². The lowest BCUT2D eigenvalue weighted by molar-refractivity contribution is 0.0959. The molecular weight excluding hydrogens is 316 g/mol. The van der Waals surface area contributed by atoms with E-state index < -0.39 is 0 Å².